The van der Waals surface area contributed by atoms with E-state index in [1.807, 2.05) is 18.8 Å². The first-order valence-corrected chi connectivity index (χ1v) is 15.4. The van der Waals surface area contributed by atoms with Gasteiger partial charge in [0.2, 0.25) is 6.33 Å². The lowest BCUT2D eigenvalue weighted by molar-refractivity contribution is -0.671. The maximum atomic E-state index is 11.4. The third-order valence-corrected chi connectivity index (χ3v) is 10.7. The van der Waals surface area contributed by atoms with Crippen LogP contribution in [0, 0.1) is 0 Å². The molecule has 0 unspecified atom stereocenters. The van der Waals surface area contributed by atoms with Crippen LogP contribution in [-0.2, 0) is 46.9 Å². The first kappa shape index (κ1) is 34.1. The number of thioether (sulfide) groups is 1. The van der Waals surface area contributed by atoms with Gasteiger partial charge in [-0.15, -0.1) is 0 Å². The first-order chi connectivity index (χ1) is 15.9. The number of imidazole rings is 1. The second-order valence-corrected chi connectivity index (χ2v) is 14.3. The van der Waals surface area contributed by atoms with E-state index in [9.17, 15) is 43.2 Å². The van der Waals surface area contributed by atoms with Crippen LogP contribution in [0.15, 0.2) is 18.7 Å². The minimum Gasteiger partial charge on any atom is -0.421 e. The Morgan fingerprint density at radius 2 is 1.37 bits per heavy atom. The molecule has 0 amide bonds. The van der Waals surface area contributed by atoms with E-state index in [2.05, 4.69) is 27.9 Å². The maximum absolute atomic E-state index is 11.4. The fourth-order valence-electron chi connectivity index (χ4n) is 2.25. The highest BCUT2D eigenvalue weighted by atomic mass is 32.3. The van der Waals surface area contributed by atoms with Gasteiger partial charge in [0.1, 0.15) is 12.4 Å². The van der Waals surface area contributed by atoms with Crippen molar-refractivity contribution >= 4 is 40.6 Å². The molecule has 0 N–H and O–H groups in total. The molecule has 35 heavy (non-hydrogen) atoms. The van der Waals surface area contributed by atoms with Crippen LogP contribution in [0.1, 0.15) is 12.8 Å². The van der Waals surface area contributed by atoms with Crippen molar-refractivity contribution < 1.29 is 61.0 Å². The van der Waals surface area contributed by atoms with E-state index >= 15 is 0 Å². The standard InChI is InChI=1S/C13H27N2O3SSi.C2F6NO4S2/c1-14-8-9-15(13-14)7-5-10-19-11-6-12-20(16-2,17-3)18-4;3-1(4,5)14(10,11)9-15(12,13)2(6,7)8/h8-9,13H,5-7,10-12H2,1-4H3;/q+1;-1. The molecule has 0 saturated heterocycles. The van der Waals surface area contributed by atoms with Gasteiger partial charge in [-0.1, -0.05) is 0 Å². The predicted molar refractivity (Wildman–Crippen MR) is 117 cm³/mol. The average Bonchev–Trinajstić information content (AvgIpc) is 3.14. The van der Waals surface area contributed by atoms with Crippen LogP contribution in [0.3, 0.4) is 0 Å². The molecule has 0 fully saturated rings. The van der Waals surface area contributed by atoms with Gasteiger partial charge in [-0.2, -0.15) is 38.1 Å². The predicted octanol–water partition coefficient (Wildman–Crippen LogP) is 2.76. The molecule has 208 valence electrons. The second-order valence-electron chi connectivity index (χ2n) is 6.60. The average molecular weight is 600 g/mol. The summed E-state index contributed by atoms with van der Waals surface area (Å²) in [5, 5.41) is 0. The number of aromatic nitrogens is 2. The van der Waals surface area contributed by atoms with Gasteiger partial charge in [0, 0.05) is 27.4 Å². The van der Waals surface area contributed by atoms with Gasteiger partial charge >= 0.3 is 19.8 Å². The zero-order valence-electron chi connectivity index (χ0n) is 19.2. The number of nitrogens with zero attached hydrogens (tertiary/aromatic N) is 3. The second kappa shape index (κ2) is 14.1. The van der Waals surface area contributed by atoms with Crippen molar-refractivity contribution in [1.29, 1.82) is 0 Å². The fourth-order valence-corrected chi connectivity index (χ4v) is 6.82. The van der Waals surface area contributed by atoms with Crippen LogP contribution in [0.25, 0.3) is 4.13 Å². The molecule has 1 heterocycles. The van der Waals surface area contributed by atoms with Crippen LogP contribution in [0.2, 0.25) is 6.04 Å². The van der Waals surface area contributed by atoms with Gasteiger partial charge in [-0.3, -0.25) is 0 Å². The minimum absolute atomic E-state index is 0.778. The molecule has 1 aromatic heterocycles. The zero-order chi connectivity index (χ0) is 27.6. The Morgan fingerprint density at radius 1 is 0.914 bits per heavy atom. The Hall–Kier alpha value is -0.903. The number of alkyl halides is 6. The molecule has 0 spiro atoms. The monoisotopic (exact) mass is 599 g/mol. The van der Waals surface area contributed by atoms with Crippen molar-refractivity contribution in [3.05, 3.63) is 22.8 Å². The van der Waals surface area contributed by atoms with Crippen molar-refractivity contribution in [2.75, 3.05) is 32.8 Å². The lowest BCUT2D eigenvalue weighted by Gasteiger charge is -2.24. The highest BCUT2D eigenvalue weighted by Gasteiger charge is 2.47. The number of hydrogen-bond donors (Lipinski definition) is 0. The molecule has 0 bridgehead atoms. The molecule has 0 aliphatic heterocycles. The molecule has 1 aromatic rings. The van der Waals surface area contributed by atoms with Crippen molar-refractivity contribution in [3.63, 3.8) is 0 Å². The smallest absolute Gasteiger partial charge is 0.421 e. The van der Waals surface area contributed by atoms with E-state index in [4.69, 9.17) is 13.3 Å². The summed E-state index contributed by atoms with van der Waals surface area (Å²) in [6.07, 6.45) is 8.56. The molecule has 0 radical (unpaired) electrons. The number of hydrogen-bond acceptors (Lipinski definition) is 8. The lowest BCUT2D eigenvalue weighted by atomic mass is 10.5. The zero-order valence-corrected chi connectivity index (χ0v) is 22.6. The third kappa shape index (κ3) is 11.8. The first-order valence-electron chi connectivity index (χ1n) is 9.47. The van der Waals surface area contributed by atoms with E-state index in [-0.39, 0.29) is 0 Å². The van der Waals surface area contributed by atoms with Crippen molar-refractivity contribution in [2.24, 2.45) is 7.05 Å². The minimum atomic E-state index is -6.72. The molecular weight excluding hydrogens is 572 g/mol. The lowest BCUT2D eigenvalue weighted by Crippen LogP contribution is -2.42. The van der Waals surface area contributed by atoms with Gasteiger partial charge in [0.05, 0.1) is 13.6 Å². The van der Waals surface area contributed by atoms with Crippen molar-refractivity contribution in [2.45, 2.75) is 36.4 Å². The molecule has 0 aliphatic rings. The van der Waals surface area contributed by atoms with E-state index in [1.165, 1.54) is 12.2 Å². The quantitative estimate of drug-likeness (QED) is 0.147. The summed E-state index contributed by atoms with van der Waals surface area (Å²) in [7, 11) is -8.74. The molecule has 0 aromatic carbocycles. The number of aryl methyl sites for hydroxylation is 2. The third-order valence-electron chi connectivity index (χ3n) is 4.01. The van der Waals surface area contributed by atoms with E-state index in [1.54, 1.807) is 21.3 Å². The fraction of sp³-hybridized carbons (Fsp3) is 0.800. The number of rotatable bonds is 13. The topological polar surface area (TPSA) is 119 Å². The van der Waals surface area contributed by atoms with Gasteiger partial charge in [0.15, 0.2) is 20.0 Å². The maximum Gasteiger partial charge on any atom is 0.500 e. The summed E-state index contributed by atoms with van der Waals surface area (Å²) < 4.78 is 130. The summed E-state index contributed by atoms with van der Waals surface area (Å²) in [6, 6.07) is 0.886. The Morgan fingerprint density at radius 3 is 1.74 bits per heavy atom. The van der Waals surface area contributed by atoms with E-state index in [0.29, 0.717) is 0 Å². The van der Waals surface area contributed by atoms with Crippen LogP contribution in [0.4, 0.5) is 26.3 Å². The normalized spacial score (nSPS) is 13.4. The Labute approximate surface area is 205 Å². The summed E-state index contributed by atoms with van der Waals surface area (Å²) >= 11 is 1.99. The van der Waals surface area contributed by atoms with Gasteiger partial charge in [0.25, 0.3) is 0 Å². The van der Waals surface area contributed by atoms with Gasteiger partial charge < -0.3 is 17.4 Å². The van der Waals surface area contributed by atoms with Crippen LogP contribution in [-0.4, -0.2) is 74.1 Å². The highest BCUT2D eigenvalue weighted by molar-refractivity contribution is 8.13. The molecule has 10 nitrogen and oxygen atoms in total. The summed E-state index contributed by atoms with van der Waals surface area (Å²) in [5.74, 6) is 2.31. The molecule has 0 aliphatic carbocycles. The van der Waals surface area contributed by atoms with Crippen LogP contribution in [0.5, 0.6) is 0 Å². The molecule has 20 heteroatoms. The summed E-state index contributed by atoms with van der Waals surface area (Å²) in [5.41, 5.74) is -12.4. The summed E-state index contributed by atoms with van der Waals surface area (Å²) in [6.45, 7) is 1.08. The summed E-state index contributed by atoms with van der Waals surface area (Å²) in [4.78, 5) is 0. The highest BCUT2D eigenvalue weighted by Crippen LogP contribution is 2.36. The number of halogens is 6. The molecule has 0 saturated carbocycles. The van der Waals surface area contributed by atoms with E-state index in [0.717, 1.165) is 28.9 Å². The van der Waals surface area contributed by atoms with Gasteiger partial charge in [-0.25, -0.2) is 26.0 Å². The van der Waals surface area contributed by atoms with Crippen LogP contribution < -0.4 is 4.57 Å². The number of sulfonamides is 2. The van der Waals surface area contributed by atoms with Gasteiger partial charge in [-0.05, 0) is 24.3 Å². The van der Waals surface area contributed by atoms with Crippen LogP contribution >= 0.6 is 11.8 Å². The van der Waals surface area contributed by atoms with Crippen molar-refractivity contribution in [1.82, 2.24) is 4.57 Å². The SMILES string of the molecule is CO[Si](CCCSCCCn1cc[n+](C)c1)(OC)OC.O=S(=O)([N-]S(=O)(=O)C(F)(F)F)C(F)(F)F. The Bertz CT molecular complexity index is 917. The van der Waals surface area contributed by atoms with E-state index < -0.39 is 39.9 Å². The van der Waals surface area contributed by atoms with Crippen molar-refractivity contribution in [3.8, 4) is 0 Å². The molecule has 0 atom stereocenters. The Balaban J connectivity index is 0.000000691. The largest absolute Gasteiger partial charge is 0.500 e. The Kier molecular flexibility index (Phi) is 13.8. The molecular formula is C15H27F6N3O7S3Si. The molecule has 1 rings (SSSR count).